The van der Waals surface area contributed by atoms with Gasteiger partial charge in [0.25, 0.3) is 0 Å². The Morgan fingerprint density at radius 2 is 1.93 bits per heavy atom. The van der Waals surface area contributed by atoms with Crippen molar-refractivity contribution in [3.05, 3.63) is 65.2 Å². The Hall–Kier alpha value is -2.53. The summed E-state index contributed by atoms with van der Waals surface area (Å²) in [7, 11) is 1.88. The number of morpholine rings is 1. The Morgan fingerprint density at radius 1 is 1.10 bits per heavy atom. The zero-order chi connectivity index (χ0) is 20.9. The lowest BCUT2D eigenvalue weighted by molar-refractivity contribution is -0.00836. The van der Waals surface area contributed by atoms with Crippen LogP contribution in [0.25, 0.3) is 0 Å². The van der Waals surface area contributed by atoms with Crippen molar-refractivity contribution in [3.8, 4) is 0 Å². The molecule has 0 saturated carbocycles. The van der Waals surface area contributed by atoms with E-state index in [0.29, 0.717) is 5.92 Å². The number of aliphatic imine (C=N–C) groups is 1. The number of anilines is 1. The van der Waals surface area contributed by atoms with Crippen molar-refractivity contribution in [1.29, 1.82) is 0 Å². The standard InChI is InChI=1S/C25H34N4O/c1-19-9-10-23(20(2)15-19)24-18-29(13-14-30-24)25(26-3)27-16-21-11-12-28(17-21)22-7-5-4-6-8-22/h4-10,15,21,24H,11-14,16-18H2,1-3H3,(H,26,27). The summed E-state index contributed by atoms with van der Waals surface area (Å²) >= 11 is 0. The maximum atomic E-state index is 6.12. The highest BCUT2D eigenvalue weighted by Crippen LogP contribution is 2.26. The van der Waals surface area contributed by atoms with Crippen molar-refractivity contribution >= 4 is 11.6 Å². The van der Waals surface area contributed by atoms with Crippen molar-refractivity contribution < 1.29 is 4.74 Å². The molecule has 5 heteroatoms. The molecule has 2 heterocycles. The minimum absolute atomic E-state index is 0.0953. The largest absolute Gasteiger partial charge is 0.371 e. The summed E-state index contributed by atoms with van der Waals surface area (Å²) in [5.74, 6) is 1.63. The Kier molecular flexibility index (Phi) is 6.58. The number of nitrogens with zero attached hydrogens (tertiary/aromatic N) is 3. The fourth-order valence-corrected chi connectivity index (χ4v) is 4.66. The van der Waals surface area contributed by atoms with Crippen LogP contribution in [0.1, 0.15) is 29.2 Å². The molecule has 2 aromatic rings. The fourth-order valence-electron chi connectivity index (χ4n) is 4.66. The molecule has 4 rings (SSSR count). The van der Waals surface area contributed by atoms with Crippen LogP contribution in [0, 0.1) is 19.8 Å². The number of guanidine groups is 1. The molecule has 0 aliphatic carbocycles. The van der Waals surface area contributed by atoms with Crippen LogP contribution in [0.5, 0.6) is 0 Å². The molecule has 2 aromatic carbocycles. The van der Waals surface area contributed by atoms with Gasteiger partial charge in [0, 0.05) is 38.9 Å². The first-order valence-corrected chi connectivity index (χ1v) is 11.1. The van der Waals surface area contributed by atoms with Crippen molar-refractivity contribution in [2.24, 2.45) is 10.9 Å². The molecule has 0 aromatic heterocycles. The average molecular weight is 407 g/mol. The summed E-state index contributed by atoms with van der Waals surface area (Å²) in [6.07, 6.45) is 1.31. The third-order valence-electron chi connectivity index (χ3n) is 6.31. The van der Waals surface area contributed by atoms with Gasteiger partial charge in [0.15, 0.2) is 5.96 Å². The summed E-state index contributed by atoms with van der Waals surface area (Å²) < 4.78 is 6.12. The number of hydrogen-bond donors (Lipinski definition) is 1. The first-order valence-electron chi connectivity index (χ1n) is 11.1. The molecule has 2 aliphatic rings. The smallest absolute Gasteiger partial charge is 0.193 e. The van der Waals surface area contributed by atoms with E-state index in [1.54, 1.807) is 0 Å². The zero-order valence-corrected chi connectivity index (χ0v) is 18.5. The highest BCUT2D eigenvalue weighted by Gasteiger charge is 2.27. The molecule has 2 atom stereocenters. The van der Waals surface area contributed by atoms with Crippen LogP contribution < -0.4 is 10.2 Å². The highest BCUT2D eigenvalue weighted by molar-refractivity contribution is 5.80. The van der Waals surface area contributed by atoms with Crippen molar-refractivity contribution in [1.82, 2.24) is 10.2 Å². The number of hydrogen-bond acceptors (Lipinski definition) is 3. The third-order valence-corrected chi connectivity index (χ3v) is 6.31. The number of para-hydroxylation sites is 1. The van der Waals surface area contributed by atoms with E-state index in [2.05, 4.69) is 82.5 Å². The van der Waals surface area contributed by atoms with Gasteiger partial charge in [-0.05, 0) is 49.4 Å². The van der Waals surface area contributed by atoms with E-state index < -0.39 is 0 Å². The molecule has 160 valence electrons. The van der Waals surface area contributed by atoms with Crippen LogP contribution >= 0.6 is 0 Å². The second kappa shape index (κ2) is 9.52. The molecule has 5 nitrogen and oxygen atoms in total. The van der Waals surface area contributed by atoms with Crippen LogP contribution in [0.3, 0.4) is 0 Å². The van der Waals surface area contributed by atoms with Crippen molar-refractivity contribution in [2.75, 3.05) is 51.3 Å². The highest BCUT2D eigenvalue weighted by atomic mass is 16.5. The first-order chi connectivity index (χ1) is 14.6. The van der Waals surface area contributed by atoms with Gasteiger partial charge in [-0.2, -0.15) is 0 Å². The quantitative estimate of drug-likeness (QED) is 0.620. The summed E-state index contributed by atoms with van der Waals surface area (Å²) in [4.78, 5) is 9.41. The molecular formula is C25H34N4O. The Balaban J connectivity index is 1.33. The molecule has 30 heavy (non-hydrogen) atoms. The van der Waals surface area contributed by atoms with Gasteiger partial charge in [0.1, 0.15) is 6.10 Å². The number of benzene rings is 2. The van der Waals surface area contributed by atoms with E-state index in [0.717, 1.165) is 45.3 Å². The van der Waals surface area contributed by atoms with Crippen molar-refractivity contribution in [3.63, 3.8) is 0 Å². The second-order valence-corrected chi connectivity index (χ2v) is 8.53. The molecule has 2 saturated heterocycles. The Morgan fingerprint density at radius 3 is 2.70 bits per heavy atom. The minimum Gasteiger partial charge on any atom is -0.371 e. The van der Waals surface area contributed by atoms with E-state index in [1.807, 2.05) is 7.05 Å². The molecule has 2 fully saturated rings. The van der Waals surface area contributed by atoms with Crippen LogP contribution in [0.2, 0.25) is 0 Å². The molecule has 1 N–H and O–H groups in total. The first kappa shape index (κ1) is 20.7. The van der Waals surface area contributed by atoms with Gasteiger partial charge in [-0.1, -0.05) is 42.0 Å². The molecule has 2 unspecified atom stereocenters. The summed E-state index contributed by atoms with van der Waals surface area (Å²) in [6.45, 7) is 9.94. The maximum absolute atomic E-state index is 6.12. The number of ether oxygens (including phenoxy) is 1. The molecular weight excluding hydrogens is 372 g/mol. The van der Waals surface area contributed by atoms with E-state index in [4.69, 9.17) is 4.74 Å². The van der Waals surface area contributed by atoms with E-state index >= 15 is 0 Å². The third kappa shape index (κ3) is 4.78. The lowest BCUT2D eigenvalue weighted by Crippen LogP contribution is -2.49. The monoisotopic (exact) mass is 406 g/mol. The number of rotatable bonds is 4. The van der Waals surface area contributed by atoms with Crippen molar-refractivity contribution in [2.45, 2.75) is 26.4 Å². The molecule has 0 radical (unpaired) electrons. The zero-order valence-electron chi connectivity index (χ0n) is 18.5. The molecule has 2 aliphatic heterocycles. The van der Waals surface area contributed by atoms with Gasteiger partial charge in [-0.15, -0.1) is 0 Å². The topological polar surface area (TPSA) is 40.1 Å². The van der Waals surface area contributed by atoms with Gasteiger partial charge in [-0.25, -0.2) is 0 Å². The van der Waals surface area contributed by atoms with E-state index in [1.165, 1.54) is 28.8 Å². The van der Waals surface area contributed by atoms with E-state index in [-0.39, 0.29) is 6.10 Å². The molecule has 0 amide bonds. The predicted molar refractivity (Wildman–Crippen MR) is 124 cm³/mol. The maximum Gasteiger partial charge on any atom is 0.193 e. The number of aryl methyl sites for hydroxylation is 2. The average Bonchev–Trinajstić information content (AvgIpc) is 3.24. The summed E-state index contributed by atoms with van der Waals surface area (Å²) in [5.41, 5.74) is 5.21. The molecule has 0 spiro atoms. The Labute approximate surface area is 180 Å². The van der Waals surface area contributed by atoms with Gasteiger partial charge < -0.3 is 19.9 Å². The SMILES string of the molecule is CN=C(NCC1CCN(c2ccccc2)C1)N1CCOC(c2ccc(C)cc2C)C1. The fraction of sp³-hybridized carbons (Fsp3) is 0.480. The number of nitrogens with one attached hydrogen (secondary N) is 1. The molecule has 0 bridgehead atoms. The van der Waals surface area contributed by atoms with Crippen LogP contribution in [-0.2, 0) is 4.74 Å². The van der Waals surface area contributed by atoms with Gasteiger partial charge in [-0.3, -0.25) is 4.99 Å². The lowest BCUT2D eigenvalue weighted by Gasteiger charge is -2.36. The summed E-state index contributed by atoms with van der Waals surface area (Å²) in [5, 5.41) is 3.64. The van der Waals surface area contributed by atoms with Gasteiger partial charge in [0.05, 0.1) is 13.2 Å². The normalized spacial score (nSPS) is 22.4. The van der Waals surface area contributed by atoms with Crippen LogP contribution in [0.4, 0.5) is 5.69 Å². The van der Waals surface area contributed by atoms with E-state index in [9.17, 15) is 0 Å². The van der Waals surface area contributed by atoms with Crippen LogP contribution in [-0.4, -0.2) is 57.2 Å². The predicted octanol–water partition coefficient (Wildman–Crippen LogP) is 3.78. The minimum atomic E-state index is 0.0953. The second-order valence-electron chi connectivity index (χ2n) is 8.53. The Bertz CT molecular complexity index is 867. The summed E-state index contributed by atoms with van der Waals surface area (Å²) in [6, 6.07) is 17.4. The van der Waals surface area contributed by atoms with Crippen LogP contribution in [0.15, 0.2) is 53.5 Å². The van der Waals surface area contributed by atoms with Gasteiger partial charge >= 0.3 is 0 Å². The van der Waals surface area contributed by atoms with Gasteiger partial charge in [0.2, 0.25) is 0 Å². The lowest BCUT2D eigenvalue weighted by atomic mass is 10.00.